The second-order valence-electron chi connectivity index (χ2n) is 19.0. The Morgan fingerprint density at radius 2 is 1.58 bits per heavy atom. The third-order valence-electron chi connectivity index (χ3n) is 15.3. The quantitative estimate of drug-likeness (QED) is 0.244. The number of nitrogens with zero attached hydrogens (tertiary/aromatic N) is 1. The van der Waals surface area contributed by atoms with E-state index in [-0.39, 0.29) is 66.4 Å². The van der Waals surface area contributed by atoms with E-state index in [0.29, 0.717) is 49.5 Å². The fourth-order valence-electron chi connectivity index (χ4n) is 12.2. The van der Waals surface area contributed by atoms with Crippen LogP contribution in [0.5, 0.6) is 5.75 Å². The molecule has 2 saturated carbocycles. The van der Waals surface area contributed by atoms with Gasteiger partial charge in [-0.2, -0.15) is 0 Å². The van der Waals surface area contributed by atoms with Gasteiger partial charge in [0.25, 0.3) is 0 Å². The largest absolute Gasteiger partial charge is 0.495 e. The number of esters is 1. The van der Waals surface area contributed by atoms with Gasteiger partial charge in [0.1, 0.15) is 30.2 Å². The van der Waals surface area contributed by atoms with E-state index in [0.717, 1.165) is 24.9 Å². The van der Waals surface area contributed by atoms with Crippen molar-refractivity contribution >= 4 is 17.4 Å². The van der Waals surface area contributed by atoms with E-state index in [1.807, 2.05) is 45.0 Å². The maximum Gasteiger partial charge on any atom is 0.306 e. The number of benzene rings is 1. The van der Waals surface area contributed by atoms with Gasteiger partial charge in [0.15, 0.2) is 18.4 Å². The smallest absolute Gasteiger partial charge is 0.306 e. The van der Waals surface area contributed by atoms with E-state index in [2.05, 4.69) is 37.3 Å². The first kappa shape index (κ1) is 47.3. The first-order valence-electron chi connectivity index (χ1n) is 23.2. The highest BCUT2D eigenvalue weighted by atomic mass is 16.7. The maximum absolute atomic E-state index is 15.1. The lowest BCUT2D eigenvalue weighted by Gasteiger charge is -2.47. The van der Waals surface area contributed by atoms with E-state index < -0.39 is 60.8 Å². The number of hydrogen-bond acceptors (Lipinski definition) is 14. The third-order valence-corrected chi connectivity index (χ3v) is 15.3. The van der Waals surface area contributed by atoms with Crippen LogP contribution in [0.15, 0.2) is 35.9 Å². The number of fused-ring (bicyclic) bond motifs is 5. The molecule has 0 amide bonds. The van der Waals surface area contributed by atoms with Gasteiger partial charge in [-0.05, 0) is 115 Å². The maximum atomic E-state index is 15.1. The highest BCUT2D eigenvalue weighted by Crippen LogP contribution is 2.58. The fraction of sp³-hybridized carbons (Fsp3) is 0.792. The Bertz CT molecular complexity index is 1690. The molecule has 348 valence electrons. The second kappa shape index (κ2) is 20.7. The fourth-order valence-corrected chi connectivity index (χ4v) is 12.2. The highest BCUT2D eigenvalue weighted by molar-refractivity contribution is 5.99. The summed E-state index contributed by atoms with van der Waals surface area (Å²) < 4.78 is 56.1. The minimum absolute atomic E-state index is 0.000390. The minimum atomic E-state index is -0.929. The molecule has 0 spiro atoms. The van der Waals surface area contributed by atoms with Crippen LogP contribution in [0.2, 0.25) is 0 Å². The molecule has 2 N–H and O–H groups in total. The zero-order chi connectivity index (χ0) is 44.4. The molecule has 3 unspecified atom stereocenters. The average Bonchev–Trinajstić information content (AvgIpc) is 3.84. The van der Waals surface area contributed by atoms with Crippen LogP contribution in [0.4, 0.5) is 5.69 Å². The van der Waals surface area contributed by atoms with Crippen molar-refractivity contribution in [2.24, 2.45) is 35.5 Å². The molecule has 14 heteroatoms. The number of allylic oxidation sites excluding steroid dienone is 2. The number of hydrogen-bond donors (Lipinski definition) is 2. The van der Waals surface area contributed by atoms with E-state index in [1.165, 1.54) is 0 Å². The molecule has 0 bridgehead atoms. The van der Waals surface area contributed by atoms with Crippen molar-refractivity contribution in [3.63, 3.8) is 0 Å². The van der Waals surface area contributed by atoms with Gasteiger partial charge in [-0.1, -0.05) is 32.1 Å². The SMILES string of the molecule is CC[C@H]1CCC[C@H](O[C@H]2CC[C@H](N(C)C)C(C)O2)[C@@H](C)C(=O)C2=C[C@H]3[C@@H]4C[C@H](O[C@@H]5OC(C)[C@H](OC)C(OC)[C@@H]5OC)C[C@H]4[C@H](Nc4ccccc4OC)[C@@H](O)[C@H]3[C@@H]2CC(=O)O1. The molecule has 6 aliphatic rings. The highest BCUT2D eigenvalue weighted by Gasteiger charge is 2.60. The number of likely N-dealkylation sites (N-methyl/N-ethyl adjacent to an activating group) is 1. The molecule has 0 radical (unpaired) electrons. The molecule has 19 atom stereocenters. The van der Waals surface area contributed by atoms with Crippen LogP contribution in [-0.2, 0) is 47.5 Å². The summed E-state index contributed by atoms with van der Waals surface area (Å²) in [6.45, 7) is 8.04. The molecule has 1 aromatic rings. The van der Waals surface area contributed by atoms with Gasteiger partial charge < -0.3 is 58.0 Å². The number of aliphatic hydroxyl groups is 1. The zero-order valence-electron chi connectivity index (χ0n) is 38.6. The summed E-state index contributed by atoms with van der Waals surface area (Å²) in [4.78, 5) is 31.3. The molecule has 1 aromatic carbocycles. The molecule has 14 nitrogen and oxygen atoms in total. The van der Waals surface area contributed by atoms with Crippen molar-refractivity contribution in [1.82, 2.24) is 4.90 Å². The predicted molar refractivity (Wildman–Crippen MR) is 232 cm³/mol. The van der Waals surface area contributed by atoms with E-state index in [1.54, 1.807) is 28.4 Å². The molecule has 3 heterocycles. The number of rotatable bonds is 12. The van der Waals surface area contributed by atoms with Crippen LogP contribution in [0.3, 0.4) is 0 Å². The number of para-hydroxylation sites is 2. The van der Waals surface area contributed by atoms with Crippen LogP contribution in [0.1, 0.15) is 85.5 Å². The van der Waals surface area contributed by atoms with Gasteiger partial charge in [-0.15, -0.1) is 0 Å². The summed E-state index contributed by atoms with van der Waals surface area (Å²) in [5.74, 6) is -1.48. The van der Waals surface area contributed by atoms with Crippen LogP contribution in [-0.4, -0.2) is 144 Å². The number of cyclic esters (lactones) is 1. The van der Waals surface area contributed by atoms with E-state index in [4.69, 9.17) is 42.6 Å². The molecular weight excluding hydrogens is 797 g/mol. The topological polar surface area (TPSA) is 153 Å². The molecule has 5 fully saturated rings. The van der Waals surface area contributed by atoms with Crippen molar-refractivity contribution in [2.75, 3.05) is 47.9 Å². The third kappa shape index (κ3) is 9.65. The molecule has 3 aliphatic carbocycles. The van der Waals surface area contributed by atoms with Crippen LogP contribution >= 0.6 is 0 Å². The number of nitrogens with one attached hydrogen (secondary N) is 1. The number of methoxy groups -OCH3 is 4. The van der Waals surface area contributed by atoms with Gasteiger partial charge in [0.2, 0.25) is 0 Å². The molecule has 3 aliphatic heterocycles. The van der Waals surface area contributed by atoms with Crippen LogP contribution < -0.4 is 10.1 Å². The van der Waals surface area contributed by atoms with Crippen molar-refractivity contribution in [3.8, 4) is 5.75 Å². The van der Waals surface area contributed by atoms with Crippen LogP contribution in [0.25, 0.3) is 0 Å². The standard InChI is InChI=1S/C48H74N2O12/c1-11-28-15-14-18-37(62-40-20-19-36(50(5)6)26(3)58-40)25(2)43(52)34-23-31-30-21-29(61-48-47(57-10)46(56-9)45(55-8)27(4)59-48)22-33(30)42(49-35-16-12-13-17-38(35)54-7)44(53)41(31)32(34)24-39(51)60-28/h12-13,16-17,23,25-33,36-37,40-42,44-49,53H,11,14-15,18-22,24H2,1-10H3/t25-,26?,27?,28+,29+,30+,31+,32-,33-,36+,37+,40+,41-,42+,44+,45+,46?,47+,48+/m1/s1. The summed E-state index contributed by atoms with van der Waals surface area (Å²) >= 11 is 0. The van der Waals surface area contributed by atoms with Crippen molar-refractivity contribution in [2.45, 2.75) is 165 Å². The lowest BCUT2D eigenvalue weighted by atomic mass is 9.62. The average molecular weight is 871 g/mol. The number of carbonyl (C=O) groups excluding carboxylic acids is 2. The van der Waals surface area contributed by atoms with Crippen molar-refractivity contribution in [1.29, 1.82) is 0 Å². The molecular formula is C48H74N2O12. The minimum Gasteiger partial charge on any atom is -0.495 e. The van der Waals surface area contributed by atoms with Gasteiger partial charge >= 0.3 is 5.97 Å². The molecule has 62 heavy (non-hydrogen) atoms. The summed E-state index contributed by atoms with van der Waals surface area (Å²) in [7, 11) is 10.7. The normalized spacial score (nSPS) is 42.8. The second-order valence-corrected chi connectivity index (χ2v) is 19.0. The Labute approximate surface area is 368 Å². The number of anilines is 1. The Hall–Kier alpha value is -2.66. The number of aliphatic hydroxyl groups excluding tert-OH is 1. The first-order chi connectivity index (χ1) is 29.8. The Morgan fingerprint density at radius 3 is 2.26 bits per heavy atom. The van der Waals surface area contributed by atoms with Crippen molar-refractivity contribution < 1.29 is 57.3 Å². The number of ketones is 1. The van der Waals surface area contributed by atoms with Gasteiger partial charge in [0, 0.05) is 45.1 Å². The first-order valence-corrected chi connectivity index (χ1v) is 23.2. The summed E-state index contributed by atoms with van der Waals surface area (Å²) in [6, 6.07) is 7.54. The summed E-state index contributed by atoms with van der Waals surface area (Å²) in [5.41, 5.74) is 1.35. The predicted octanol–water partition coefficient (Wildman–Crippen LogP) is 5.78. The zero-order valence-corrected chi connectivity index (χ0v) is 38.6. The summed E-state index contributed by atoms with van der Waals surface area (Å²) in [6.07, 6.45) is 3.18. The summed E-state index contributed by atoms with van der Waals surface area (Å²) in [5, 5.41) is 16.5. The monoisotopic (exact) mass is 871 g/mol. The number of ether oxygens (including phenoxy) is 9. The number of carbonyl (C=O) groups is 2. The molecule has 3 saturated heterocycles. The van der Waals surface area contributed by atoms with Gasteiger partial charge in [0.05, 0.1) is 55.8 Å². The Balaban J connectivity index is 1.21. The Morgan fingerprint density at radius 1 is 0.855 bits per heavy atom. The van der Waals surface area contributed by atoms with E-state index in [9.17, 15) is 9.90 Å². The molecule has 7 rings (SSSR count). The molecule has 0 aromatic heterocycles. The van der Waals surface area contributed by atoms with E-state index >= 15 is 4.79 Å². The number of Topliss-reactive ketones (excluding diaryl/α,β-unsaturated/α-hetero) is 1. The van der Waals surface area contributed by atoms with Gasteiger partial charge in [-0.3, -0.25) is 9.59 Å². The lowest BCUT2D eigenvalue weighted by Crippen LogP contribution is -2.59. The Kier molecular flexibility index (Phi) is 15.8. The lowest BCUT2D eigenvalue weighted by molar-refractivity contribution is -0.314. The van der Waals surface area contributed by atoms with Gasteiger partial charge in [-0.25, -0.2) is 0 Å². The van der Waals surface area contributed by atoms with Crippen molar-refractivity contribution in [3.05, 3.63) is 35.9 Å². The van der Waals surface area contributed by atoms with Crippen LogP contribution in [0, 0.1) is 35.5 Å².